The number of rotatable bonds is 5. The number of aromatic nitrogens is 2. The Kier molecular flexibility index (Phi) is 6.25. The van der Waals surface area contributed by atoms with Gasteiger partial charge in [0.25, 0.3) is 5.91 Å². The molecule has 0 bridgehead atoms. The number of benzene rings is 1. The monoisotopic (exact) mass is 385 g/mol. The van der Waals surface area contributed by atoms with Crippen molar-refractivity contribution in [2.45, 2.75) is 12.8 Å². The third-order valence-electron chi connectivity index (χ3n) is 4.61. The molecule has 2 aromatic rings. The van der Waals surface area contributed by atoms with Crippen LogP contribution < -0.4 is 25.2 Å². The fourth-order valence-corrected chi connectivity index (χ4v) is 3.12. The highest BCUT2D eigenvalue weighted by Crippen LogP contribution is 2.27. The number of nitrogens with zero attached hydrogens (tertiary/aromatic N) is 3. The van der Waals surface area contributed by atoms with Crippen LogP contribution in [0, 0.1) is 5.92 Å². The van der Waals surface area contributed by atoms with Crippen LogP contribution in [0.2, 0.25) is 0 Å². The van der Waals surface area contributed by atoms with Gasteiger partial charge in [-0.2, -0.15) is 0 Å². The summed E-state index contributed by atoms with van der Waals surface area (Å²) in [4.78, 5) is 35.2. The van der Waals surface area contributed by atoms with Crippen LogP contribution in [0.15, 0.2) is 36.8 Å². The number of nitrogens with one attached hydrogen (secondary N) is 2. The van der Waals surface area contributed by atoms with Gasteiger partial charge in [0.1, 0.15) is 5.82 Å². The highest BCUT2D eigenvalue weighted by atomic mass is 16.5. The molecule has 148 valence electrons. The van der Waals surface area contributed by atoms with Crippen molar-refractivity contribution in [1.82, 2.24) is 20.8 Å². The summed E-state index contributed by atoms with van der Waals surface area (Å²) in [5, 5.41) is 0. The fraction of sp³-hybridized carbons (Fsp3) is 0.368. The van der Waals surface area contributed by atoms with E-state index in [9.17, 15) is 9.59 Å². The molecule has 1 saturated heterocycles. The molecular weight excluding hydrogens is 362 g/mol. The molecule has 9 heteroatoms. The van der Waals surface area contributed by atoms with Crippen molar-refractivity contribution in [1.29, 1.82) is 0 Å². The summed E-state index contributed by atoms with van der Waals surface area (Å²) in [5.74, 6) is 0.789. The normalized spacial score (nSPS) is 16.2. The van der Waals surface area contributed by atoms with Gasteiger partial charge in [-0.3, -0.25) is 25.4 Å². The predicted molar refractivity (Wildman–Crippen MR) is 102 cm³/mol. The van der Waals surface area contributed by atoms with E-state index in [4.69, 9.17) is 9.47 Å². The van der Waals surface area contributed by atoms with Crippen LogP contribution in [0.5, 0.6) is 11.5 Å². The van der Waals surface area contributed by atoms with E-state index in [1.165, 1.54) is 14.2 Å². The van der Waals surface area contributed by atoms with E-state index in [-0.39, 0.29) is 11.8 Å². The van der Waals surface area contributed by atoms with Gasteiger partial charge >= 0.3 is 0 Å². The molecule has 0 radical (unpaired) electrons. The molecule has 1 aliphatic rings. The molecule has 0 spiro atoms. The van der Waals surface area contributed by atoms with Crippen LogP contribution in [0.4, 0.5) is 5.82 Å². The average Bonchev–Trinajstić information content (AvgIpc) is 2.77. The van der Waals surface area contributed by atoms with Crippen LogP contribution >= 0.6 is 0 Å². The first kappa shape index (κ1) is 19.4. The zero-order chi connectivity index (χ0) is 19.9. The second-order valence-electron chi connectivity index (χ2n) is 6.36. The van der Waals surface area contributed by atoms with Crippen LogP contribution in [0.3, 0.4) is 0 Å². The van der Waals surface area contributed by atoms with Gasteiger partial charge in [-0.15, -0.1) is 0 Å². The topological polar surface area (TPSA) is 106 Å². The third kappa shape index (κ3) is 4.48. The minimum Gasteiger partial charge on any atom is -0.493 e. The molecule has 2 amide bonds. The molecule has 2 heterocycles. The van der Waals surface area contributed by atoms with Gasteiger partial charge < -0.3 is 14.4 Å². The number of hydrazine groups is 1. The Balaban J connectivity index is 1.57. The minimum absolute atomic E-state index is 0.234. The number of hydrogen-bond donors (Lipinski definition) is 2. The van der Waals surface area contributed by atoms with Gasteiger partial charge in [-0.05, 0) is 31.0 Å². The number of piperidine rings is 1. The van der Waals surface area contributed by atoms with Crippen molar-refractivity contribution < 1.29 is 19.1 Å². The van der Waals surface area contributed by atoms with E-state index in [0.29, 0.717) is 23.6 Å². The SMILES string of the molecule is COc1ccc(C(=O)NNC(=O)[C@H]2CCCN(c3cnccn3)C2)cc1OC. The number of anilines is 1. The first-order chi connectivity index (χ1) is 13.6. The van der Waals surface area contributed by atoms with Crippen LogP contribution in [-0.4, -0.2) is 49.1 Å². The van der Waals surface area contributed by atoms with Crippen LogP contribution in [0.1, 0.15) is 23.2 Å². The van der Waals surface area contributed by atoms with Gasteiger partial charge in [0, 0.05) is 31.0 Å². The number of carbonyl (C=O) groups is 2. The van der Waals surface area contributed by atoms with Crippen molar-refractivity contribution in [2.75, 3.05) is 32.2 Å². The minimum atomic E-state index is -0.434. The van der Waals surface area contributed by atoms with Gasteiger partial charge in [0.05, 0.1) is 26.3 Å². The molecule has 28 heavy (non-hydrogen) atoms. The molecule has 1 atom stereocenters. The first-order valence-corrected chi connectivity index (χ1v) is 8.95. The number of amides is 2. The van der Waals surface area contributed by atoms with E-state index in [1.54, 1.807) is 36.8 Å². The van der Waals surface area contributed by atoms with Crippen molar-refractivity contribution in [2.24, 2.45) is 5.92 Å². The second-order valence-corrected chi connectivity index (χ2v) is 6.36. The van der Waals surface area contributed by atoms with Gasteiger partial charge in [0.15, 0.2) is 11.5 Å². The average molecular weight is 385 g/mol. The Morgan fingerprint density at radius 1 is 1.14 bits per heavy atom. The van der Waals surface area contributed by atoms with Crippen molar-refractivity contribution >= 4 is 17.6 Å². The maximum Gasteiger partial charge on any atom is 0.269 e. The second kappa shape index (κ2) is 9.03. The number of hydrogen-bond acceptors (Lipinski definition) is 7. The Morgan fingerprint density at radius 2 is 1.96 bits per heavy atom. The van der Waals surface area contributed by atoms with Gasteiger partial charge in [-0.1, -0.05) is 0 Å². The van der Waals surface area contributed by atoms with E-state index in [1.807, 2.05) is 4.90 Å². The smallest absolute Gasteiger partial charge is 0.269 e. The summed E-state index contributed by atoms with van der Waals surface area (Å²) in [6.07, 6.45) is 6.52. The zero-order valence-electron chi connectivity index (χ0n) is 15.8. The molecule has 9 nitrogen and oxygen atoms in total. The molecule has 1 aromatic heterocycles. The lowest BCUT2D eigenvalue weighted by molar-refractivity contribution is -0.126. The molecule has 3 rings (SSSR count). The molecule has 2 N–H and O–H groups in total. The van der Waals surface area contributed by atoms with Gasteiger partial charge in [0.2, 0.25) is 5.91 Å². The van der Waals surface area contributed by atoms with Crippen LogP contribution in [0.25, 0.3) is 0 Å². The summed E-state index contributed by atoms with van der Waals surface area (Å²) in [7, 11) is 3.01. The third-order valence-corrected chi connectivity index (χ3v) is 4.61. The van der Waals surface area contributed by atoms with Crippen LogP contribution in [-0.2, 0) is 4.79 Å². The Labute approximate surface area is 163 Å². The number of ether oxygens (including phenoxy) is 2. The lowest BCUT2D eigenvalue weighted by Crippen LogP contribution is -2.49. The van der Waals surface area contributed by atoms with Gasteiger partial charge in [-0.25, -0.2) is 4.98 Å². The van der Waals surface area contributed by atoms with E-state index in [0.717, 1.165) is 25.2 Å². The lowest BCUT2D eigenvalue weighted by Gasteiger charge is -2.32. The van der Waals surface area contributed by atoms with Crippen molar-refractivity contribution in [3.8, 4) is 11.5 Å². The Hall–Kier alpha value is -3.36. The van der Waals surface area contributed by atoms with Crippen molar-refractivity contribution in [3.05, 3.63) is 42.4 Å². The molecule has 1 aromatic carbocycles. The van der Waals surface area contributed by atoms with E-state index < -0.39 is 5.91 Å². The predicted octanol–water partition coefficient (Wildman–Crippen LogP) is 1.17. The summed E-state index contributed by atoms with van der Waals surface area (Å²) in [6, 6.07) is 4.78. The standard InChI is InChI=1S/C19H23N5O4/c1-27-15-6-5-13(10-16(15)28-2)18(25)22-23-19(26)14-4-3-9-24(12-14)17-11-20-7-8-21-17/h5-8,10-11,14H,3-4,9,12H2,1-2H3,(H,22,25)(H,23,26)/t14-/m0/s1. The molecule has 0 unspecified atom stereocenters. The Bertz CT molecular complexity index is 830. The molecule has 1 aliphatic heterocycles. The molecule has 1 fully saturated rings. The largest absolute Gasteiger partial charge is 0.493 e. The summed E-state index contributed by atoms with van der Waals surface area (Å²) >= 11 is 0. The summed E-state index contributed by atoms with van der Waals surface area (Å²) < 4.78 is 10.3. The number of methoxy groups -OCH3 is 2. The Morgan fingerprint density at radius 3 is 2.68 bits per heavy atom. The number of carbonyl (C=O) groups excluding carboxylic acids is 2. The quantitative estimate of drug-likeness (QED) is 0.744. The summed E-state index contributed by atoms with van der Waals surface area (Å²) in [6.45, 7) is 1.34. The van der Waals surface area contributed by atoms with E-state index in [2.05, 4.69) is 20.8 Å². The van der Waals surface area contributed by atoms with Crippen molar-refractivity contribution in [3.63, 3.8) is 0 Å². The lowest BCUT2D eigenvalue weighted by atomic mass is 9.97. The highest BCUT2D eigenvalue weighted by molar-refractivity contribution is 5.96. The zero-order valence-corrected chi connectivity index (χ0v) is 15.8. The maximum atomic E-state index is 12.5. The van der Waals surface area contributed by atoms with E-state index >= 15 is 0 Å². The molecule has 0 saturated carbocycles. The first-order valence-electron chi connectivity index (χ1n) is 8.95. The molecular formula is C19H23N5O4. The highest BCUT2D eigenvalue weighted by Gasteiger charge is 2.27. The fourth-order valence-electron chi connectivity index (χ4n) is 3.12. The maximum absolute atomic E-state index is 12.5. The molecule has 0 aliphatic carbocycles. The summed E-state index contributed by atoms with van der Waals surface area (Å²) in [5.41, 5.74) is 5.32.